The number of pyridine rings is 1. The van der Waals surface area contributed by atoms with E-state index in [2.05, 4.69) is 30.6 Å². The molecule has 4 heterocycles. The SMILES string of the molecule is Cn1nccc1Nc1cc(-c2cc3nnc(Cc4ccc(Cl)cc4F)n3cn2)ccn1. The van der Waals surface area contributed by atoms with Gasteiger partial charge in [0.1, 0.15) is 29.6 Å². The molecule has 5 aromatic rings. The van der Waals surface area contributed by atoms with Gasteiger partial charge in [0.15, 0.2) is 5.65 Å². The molecule has 154 valence electrons. The van der Waals surface area contributed by atoms with E-state index in [9.17, 15) is 4.39 Å². The van der Waals surface area contributed by atoms with Gasteiger partial charge in [0.05, 0.1) is 11.9 Å². The lowest BCUT2D eigenvalue weighted by molar-refractivity contribution is 0.611. The highest BCUT2D eigenvalue weighted by atomic mass is 35.5. The zero-order valence-electron chi connectivity index (χ0n) is 16.4. The maximum absolute atomic E-state index is 14.2. The number of fused-ring (bicyclic) bond motifs is 1. The quantitative estimate of drug-likeness (QED) is 0.449. The topological polar surface area (TPSA) is 85.8 Å². The van der Waals surface area contributed by atoms with E-state index < -0.39 is 0 Å². The van der Waals surface area contributed by atoms with Crippen molar-refractivity contribution in [3.63, 3.8) is 0 Å². The molecule has 0 saturated carbocycles. The van der Waals surface area contributed by atoms with E-state index in [0.717, 1.165) is 17.1 Å². The van der Waals surface area contributed by atoms with E-state index in [-0.39, 0.29) is 12.2 Å². The van der Waals surface area contributed by atoms with Crippen molar-refractivity contribution in [3.8, 4) is 11.3 Å². The number of halogens is 2. The third-order valence-corrected chi connectivity index (χ3v) is 5.10. The molecule has 31 heavy (non-hydrogen) atoms. The predicted octanol–water partition coefficient (Wildman–Crippen LogP) is 4.05. The van der Waals surface area contributed by atoms with Crippen LogP contribution in [0, 0.1) is 5.82 Å². The smallest absolute Gasteiger partial charge is 0.164 e. The predicted molar refractivity (Wildman–Crippen MR) is 115 cm³/mol. The van der Waals surface area contributed by atoms with Gasteiger partial charge in [-0.1, -0.05) is 17.7 Å². The molecule has 0 atom stereocenters. The molecular weight excluding hydrogens is 419 g/mol. The van der Waals surface area contributed by atoms with Gasteiger partial charge < -0.3 is 5.32 Å². The molecule has 0 radical (unpaired) electrons. The van der Waals surface area contributed by atoms with Gasteiger partial charge in [-0.3, -0.25) is 9.08 Å². The first-order chi connectivity index (χ1) is 15.1. The van der Waals surface area contributed by atoms with Crippen LogP contribution in [-0.4, -0.2) is 34.3 Å². The van der Waals surface area contributed by atoms with Gasteiger partial charge >= 0.3 is 0 Å². The number of nitrogens with zero attached hydrogens (tertiary/aromatic N) is 7. The third kappa shape index (κ3) is 3.82. The molecule has 4 aromatic heterocycles. The number of aromatic nitrogens is 7. The Hall–Kier alpha value is -3.85. The lowest BCUT2D eigenvalue weighted by atomic mass is 10.1. The number of nitrogens with one attached hydrogen (secondary N) is 1. The van der Waals surface area contributed by atoms with Gasteiger partial charge in [-0.05, 0) is 29.8 Å². The van der Waals surface area contributed by atoms with Crippen LogP contribution in [0.1, 0.15) is 11.4 Å². The highest BCUT2D eigenvalue weighted by Crippen LogP contribution is 2.23. The standard InChI is InChI=1S/C21H16ClFN8/c1-30-19(5-7-26-30)27-18-8-14(4-6-24-18)17-11-21-29-28-20(31(21)12-25-17)9-13-2-3-15(22)10-16(13)23/h2-8,10-12H,9H2,1H3,(H,24,27). The summed E-state index contributed by atoms with van der Waals surface area (Å²) in [5.74, 6) is 1.70. The summed E-state index contributed by atoms with van der Waals surface area (Å²) in [6, 6.07) is 12.0. The summed E-state index contributed by atoms with van der Waals surface area (Å²) in [5, 5.41) is 16.1. The second kappa shape index (κ2) is 7.77. The molecule has 0 unspecified atom stereocenters. The summed E-state index contributed by atoms with van der Waals surface area (Å²) in [7, 11) is 1.85. The zero-order valence-corrected chi connectivity index (χ0v) is 17.1. The monoisotopic (exact) mass is 434 g/mol. The molecule has 0 aliphatic heterocycles. The minimum absolute atomic E-state index is 0.277. The van der Waals surface area contributed by atoms with E-state index >= 15 is 0 Å². The Morgan fingerprint density at radius 1 is 1.03 bits per heavy atom. The van der Waals surface area contributed by atoms with Crippen LogP contribution in [0.2, 0.25) is 5.02 Å². The first-order valence-electron chi connectivity index (χ1n) is 9.42. The molecule has 0 bridgehead atoms. The third-order valence-electron chi connectivity index (χ3n) is 4.87. The molecule has 1 N–H and O–H groups in total. The number of aryl methyl sites for hydroxylation is 1. The number of rotatable bonds is 5. The van der Waals surface area contributed by atoms with Crippen molar-refractivity contribution in [3.05, 3.63) is 83.4 Å². The van der Waals surface area contributed by atoms with Crippen LogP contribution in [0.25, 0.3) is 16.9 Å². The summed E-state index contributed by atoms with van der Waals surface area (Å²) in [5.41, 5.74) is 2.70. The van der Waals surface area contributed by atoms with Crippen molar-refractivity contribution in [2.45, 2.75) is 6.42 Å². The summed E-state index contributed by atoms with van der Waals surface area (Å²) in [6.07, 6.45) is 5.33. The largest absolute Gasteiger partial charge is 0.325 e. The molecule has 8 nitrogen and oxygen atoms in total. The molecule has 0 aliphatic rings. The Morgan fingerprint density at radius 3 is 2.74 bits per heavy atom. The maximum atomic E-state index is 14.2. The van der Waals surface area contributed by atoms with Gasteiger partial charge in [0.2, 0.25) is 0 Å². The van der Waals surface area contributed by atoms with Crippen molar-refractivity contribution in [1.29, 1.82) is 0 Å². The average Bonchev–Trinajstić information content (AvgIpc) is 3.36. The lowest BCUT2D eigenvalue weighted by Gasteiger charge is -2.08. The highest BCUT2D eigenvalue weighted by Gasteiger charge is 2.12. The Balaban J connectivity index is 1.43. The normalized spacial score (nSPS) is 11.2. The number of hydrogen-bond donors (Lipinski definition) is 1. The van der Waals surface area contributed by atoms with Crippen molar-refractivity contribution in [1.82, 2.24) is 34.3 Å². The minimum atomic E-state index is -0.376. The van der Waals surface area contributed by atoms with Crippen molar-refractivity contribution < 1.29 is 4.39 Å². The lowest BCUT2D eigenvalue weighted by Crippen LogP contribution is -2.01. The van der Waals surface area contributed by atoms with E-state index in [0.29, 0.717) is 27.9 Å². The fourth-order valence-electron chi connectivity index (χ4n) is 3.24. The first kappa shape index (κ1) is 19.1. The second-order valence-electron chi connectivity index (χ2n) is 6.93. The molecule has 0 aliphatic carbocycles. The van der Waals surface area contributed by atoms with Gasteiger partial charge in [-0.25, -0.2) is 14.4 Å². The minimum Gasteiger partial charge on any atom is -0.325 e. The van der Waals surface area contributed by atoms with Crippen LogP contribution in [0.3, 0.4) is 0 Å². The van der Waals surface area contributed by atoms with Crippen LogP contribution in [-0.2, 0) is 13.5 Å². The van der Waals surface area contributed by atoms with Gasteiger partial charge in [-0.2, -0.15) is 5.10 Å². The van der Waals surface area contributed by atoms with Gasteiger partial charge in [0, 0.05) is 42.4 Å². The fourth-order valence-corrected chi connectivity index (χ4v) is 3.40. The summed E-state index contributed by atoms with van der Waals surface area (Å²) in [4.78, 5) is 8.89. The van der Waals surface area contributed by atoms with Gasteiger partial charge in [-0.15, -0.1) is 10.2 Å². The summed E-state index contributed by atoms with van der Waals surface area (Å²) >= 11 is 5.83. The Morgan fingerprint density at radius 2 is 1.94 bits per heavy atom. The Kier molecular flexibility index (Phi) is 4.79. The number of hydrogen-bond acceptors (Lipinski definition) is 6. The Bertz CT molecular complexity index is 1390. The summed E-state index contributed by atoms with van der Waals surface area (Å²) in [6.45, 7) is 0. The Labute approximate surface area is 181 Å². The van der Waals surface area contributed by atoms with E-state index in [1.54, 1.807) is 39.9 Å². The van der Waals surface area contributed by atoms with E-state index in [1.165, 1.54) is 6.07 Å². The fraction of sp³-hybridized carbons (Fsp3) is 0.0952. The molecule has 0 amide bonds. The van der Waals surface area contributed by atoms with Crippen molar-refractivity contribution in [2.24, 2.45) is 7.05 Å². The first-order valence-corrected chi connectivity index (χ1v) is 9.80. The number of anilines is 2. The molecule has 0 saturated heterocycles. The maximum Gasteiger partial charge on any atom is 0.164 e. The van der Waals surface area contributed by atoms with Crippen LogP contribution < -0.4 is 5.32 Å². The van der Waals surface area contributed by atoms with Crippen LogP contribution in [0.5, 0.6) is 0 Å². The summed E-state index contributed by atoms with van der Waals surface area (Å²) < 4.78 is 17.6. The molecule has 5 rings (SSSR count). The number of benzene rings is 1. The second-order valence-corrected chi connectivity index (χ2v) is 7.36. The average molecular weight is 435 g/mol. The molecule has 1 aromatic carbocycles. The molecule has 0 spiro atoms. The molecular formula is C21H16ClFN8. The van der Waals surface area contributed by atoms with E-state index in [1.807, 2.05) is 31.3 Å². The molecule has 10 heteroatoms. The van der Waals surface area contributed by atoms with Crippen molar-refractivity contribution >= 4 is 28.9 Å². The van der Waals surface area contributed by atoms with Gasteiger partial charge in [0.25, 0.3) is 0 Å². The van der Waals surface area contributed by atoms with Crippen LogP contribution >= 0.6 is 11.6 Å². The zero-order chi connectivity index (χ0) is 21.4. The van der Waals surface area contributed by atoms with Crippen molar-refractivity contribution in [2.75, 3.05) is 5.32 Å². The highest BCUT2D eigenvalue weighted by molar-refractivity contribution is 6.30. The van der Waals surface area contributed by atoms with Crippen LogP contribution in [0.15, 0.2) is 61.2 Å². The molecule has 0 fully saturated rings. The van der Waals surface area contributed by atoms with E-state index in [4.69, 9.17) is 11.6 Å². The van der Waals surface area contributed by atoms with Crippen LogP contribution in [0.4, 0.5) is 16.0 Å².